The van der Waals surface area contributed by atoms with Crippen LogP contribution in [0.15, 0.2) is 103 Å². The predicted molar refractivity (Wildman–Crippen MR) is 160 cm³/mol. The van der Waals surface area contributed by atoms with Gasteiger partial charge < -0.3 is 9.47 Å². The van der Waals surface area contributed by atoms with Crippen molar-refractivity contribution in [3.8, 4) is 75.3 Å². The lowest BCUT2D eigenvalue weighted by molar-refractivity contribution is 0.411. The lowest BCUT2D eigenvalue weighted by atomic mass is 9.93. The molecule has 10 heteroatoms. The highest BCUT2D eigenvalue weighted by atomic mass is 31.1. The summed E-state index contributed by atoms with van der Waals surface area (Å²) in [5.74, 6) is 1.75. The Labute approximate surface area is 253 Å². The van der Waals surface area contributed by atoms with Gasteiger partial charge in [0.15, 0.2) is 5.75 Å². The van der Waals surface area contributed by atoms with Gasteiger partial charge in [0.2, 0.25) is 0 Å². The van der Waals surface area contributed by atoms with E-state index in [2.05, 4.69) is 0 Å². The smallest absolute Gasteiger partial charge is 0.457 e. The fourth-order valence-corrected chi connectivity index (χ4v) is 4.82. The van der Waals surface area contributed by atoms with Crippen molar-refractivity contribution < 1.29 is 23.5 Å². The van der Waals surface area contributed by atoms with E-state index in [1.807, 2.05) is 36.4 Å². The Balaban J connectivity index is 1.55. The molecule has 5 aromatic carbocycles. The van der Waals surface area contributed by atoms with Crippen LogP contribution in [0.25, 0.3) is 22.3 Å². The summed E-state index contributed by atoms with van der Waals surface area (Å²) in [6.45, 7) is 0. The number of ether oxygens (including phenoxy) is 2. The molecule has 0 amide bonds. The molecular weight excluding hydrogens is 575 g/mol. The molecular formula is C34H18N4O5P+. The highest BCUT2D eigenvalue weighted by Crippen LogP contribution is 2.43. The minimum atomic E-state index is -2.98. The van der Waals surface area contributed by atoms with Gasteiger partial charge in [-0.25, -0.2) is 4.52 Å². The van der Waals surface area contributed by atoms with Gasteiger partial charge in [-0.1, -0.05) is 36.4 Å². The topological polar surface area (TPSA) is 160 Å². The first-order chi connectivity index (χ1) is 21.4. The quantitative estimate of drug-likeness (QED) is 0.175. The summed E-state index contributed by atoms with van der Waals surface area (Å²) in [6.07, 6.45) is 0. The van der Waals surface area contributed by atoms with Crippen LogP contribution in [0.1, 0.15) is 22.3 Å². The Hall–Kier alpha value is -6.48. The van der Waals surface area contributed by atoms with Crippen molar-refractivity contribution >= 4 is 8.25 Å². The van der Waals surface area contributed by atoms with Crippen LogP contribution in [-0.2, 0) is 4.57 Å². The summed E-state index contributed by atoms with van der Waals surface area (Å²) in [4.78, 5) is 9.62. The third-order valence-electron chi connectivity index (χ3n) is 6.41. The molecule has 1 N–H and O–H groups in total. The molecule has 5 rings (SSSR count). The van der Waals surface area contributed by atoms with Crippen LogP contribution < -0.4 is 14.0 Å². The third kappa shape index (κ3) is 6.37. The Kier molecular flexibility index (Phi) is 8.58. The molecule has 0 aliphatic heterocycles. The first-order valence-electron chi connectivity index (χ1n) is 12.8. The van der Waals surface area contributed by atoms with E-state index in [-0.39, 0.29) is 28.0 Å². The number of hydrogen-bond donors (Lipinski definition) is 1. The summed E-state index contributed by atoms with van der Waals surface area (Å²) in [5, 5.41) is 37.2. The Bertz CT molecular complexity index is 2100. The molecule has 0 aliphatic rings. The van der Waals surface area contributed by atoms with Crippen LogP contribution in [0, 0.1) is 45.3 Å². The van der Waals surface area contributed by atoms with E-state index in [1.54, 1.807) is 66.7 Å². The summed E-state index contributed by atoms with van der Waals surface area (Å²) in [5.41, 5.74) is 3.32. The highest BCUT2D eigenvalue weighted by Gasteiger charge is 2.22. The molecule has 1 atom stereocenters. The molecule has 0 radical (unpaired) electrons. The zero-order chi connectivity index (χ0) is 31.1. The fraction of sp³-hybridized carbons (Fsp3) is 0. The molecule has 208 valence electrons. The van der Waals surface area contributed by atoms with E-state index in [0.717, 1.165) is 0 Å². The van der Waals surface area contributed by atoms with Gasteiger partial charge in [-0.2, -0.15) is 21.0 Å². The molecule has 0 heterocycles. The van der Waals surface area contributed by atoms with Crippen LogP contribution in [0.3, 0.4) is 0 Å². The zero-order valence-corrected chi connectivity index (χ0v) is 23.5. The van der Waals surface area contributed by atoms with Crippen LogP contribution >= 0.6 is 8.25 Å². The molecule has 0 saturated carbocycles. The average Bonchev–Trinajstić information content (AvgIpc) is 3.04. The van der Waals surface area contributed by atoms with E-state index < -0.39 is 8.25 Å². The van der Waals surface area contributed by atoms with Gasteiger partial charge in [0.05, 0.1) is 22.3 Å². The number of nitrogens with zero attached hydrogens (tertiary/aromatic N) is 4. The van der Waals surface area contributed by atoms with Gasteiger partial charge in [0, 0.05) is 10.1 Å². The number of nitriles is 4. The predicted octanol–water partition coefficient (Wildman–Crippen LogP) is 8.12. The molecule has 1 unspecified atom stereocenters. The Morgan fingerprint density at radius 3 is 1.55 bits per heavy atom. The van der Waals surface area contributed by atoms with Crippen LogP contribution in [-0.4, -0.2) is 4.89 Å². The summed E-state index contributed by atoms with van der Waals surface area (Å²) < 4.78 is 29.1. The lowest BCUT2D eigenvalue weighted by Gasteiger charge is -2.15. The van der Waals surface area contributed by atoms with Gasteiger partial charge in [-0.05, 0) is 83.4 Å². The number of benzene rings is 5. The summed E-state index contributed by atoms with van der Waals surface area (Å²) >= 11 is 0. The first kappa shape index (κ1) is 29.0. The molecule has 0 saturated heterocycles. The van der Waals surface area contributed by atoms with Gasteiger partial charge in [-0.15, -0.1) is 4.89 Å². The van der Waals surface area contributed by atoms with Gasteiger partial charge >= 0.3 is 8.25 Å². The van der Waals surface area contributed by atoms with E-state index in [4.69, 9.17) is 14.0 Å². The molecule has 0 spiro atoms. The van der Waals surface area contributed by atoms with Gasteiger partial charge in [0.1, 0.15) is 47.3 Å². The van der Waals surface area contributed by atoms with Crippen molar-refractivity contribution in [2.75, 3.05) is 0 Å². The van der Waals surface area contributed by atoms with E-state index in [9.17, 15) is 30.5 Å². The van der Waals surface area contributed by atoms with Crippen molar-refractivity contribution in [2.45, 2.75) is 0 Å². The van der Waals surface area contributed by atoms with Crippen molar-refractivity contribution in [3.63, 3.8) is 0 Å². The maximum atomic E-state index is 11.8. The maximum Gasteiger partial charge on any atom is 0.747 e. The third-order valence-corrected chi connectivity index (χ3v) is 6.76. The Morgan fingerprint density at radius 1 is 0.545 bits per heavy atom. The van der Waals surface area contributed by atoms with E-state index >= 15 is 0 Å². The van der Waals surface area contributed by atoms with Gasteiger partial charge in [0.25, 0.3) is 0 Å². The van der Waals surface area contributed by atoms with Crippen molar-refractivity contribution in [1.82, 2.24) is 0 Å². The van der Waals surface area contributed by atoms with Crippen LogP contribution in [0.4, 0.5) is 0 Å². The first-order valence-corrected chi connectivity index (χ1v) is 14.0. The van der Waals surface area contributed by atoms with Crippen molar-refractivity contribution in [2.24, 2.45) is 0 Å². The normalized spacial score (nSPS) is 10.3. The van der Waals surface area contributed by atoms with E-state index in [1.165, 1.54) is 24.3 Å². The molecule has 0 bridgehead atoms. The molecule has 9 nitrogen and oxygen atoms in total. The van der Waals surface area contributed by atoms with Crippen molar-refractivity contribution in [3.05, 3.63) is 125 Å². The fourth-order valence-electron chi connectivity index (χ4n) is 4.50. The largest absolute Gasteiger partial charge is 0.747 e. The SMILES string of the molecule is N#Cc1ccc(Oc2cccc(-c3cccc(O[P+](=O)O)c3-c3cccc(Oc4ccc(C#N)c(C#N)c4)c3)c2)cc1C#N. The summed E-state index contributed by atoms with van der Waals surface area (Å²) in [7, 11) is -2.98. The molecule has 0 fully saturated rings. The lowest BCUT2D eigenvalue weighted by Crippen LogP contribution is -1.93. The second-order valence-corrected chi connectivity index (χ2v) is 9.79. The van der Waals surface area contributed by atoms with Gasteiger partial charge in [-0.3, -0.25) is 0 Å². The zero-order valence-electron chi connectivity index (χ0n) is 22.6. The van der Waals surface area contributed by atoms with Crippen LogP contribution in [0.5, 0.6) is 28.7 Å². The number of rotatable bonds is 8. The molecule has 44 heavy (non-hydrogen) atoms. The Morgan fingerprint density at radius 2 is 1.02 bits per heavy atom. The summed E-state index contributed by atoms with van der Waals surface area (Å²) in [6, 6.07) is 36.3. The van der Waals surface area contributed by atoms with Crippen molar-refractivity contribution in [1.29, 1.82) is 21.0 Å². The molecule has 0 aromatic heterocycles. The highest BCUT2D eigenvalue weighted by molar-refractivity contribution is 7.32. The maximum absolute atomic E-state index is 11.8. The number of hydrogen-bond acceptors (Lipinski definition) is 8. The standard InChI is InChI=1S/C34H17N4O5P/c35-18-24-10-12-30(16-26(24)20-37)41-28-6-1-4-22(14-28)32-8-3-9-33(43-44(39)40)34(32)23-5-2-7-29(15-23)42-31-13-11-25(19-36)27(17-31)21-38/h1-17H/p+1. The second kappa shape index (κ2) is 13.0. The van der Waals surface area contributed by atoms with E-state index in [0.29, 0.717) is 45.3 Å². The minimum Gasteiger partial charge on any atom is -0.457 e. The van der Waals surface area contributed by atoms with Crippen LogP contribution in [0.2, 0.25) is 0 Å². The monoisotopic (exact) mass is 593 g/mol. The molecule has 0 aliphatic carbocycles. The molecule has 5 aromatic rings. The second-order valence-electron chi connectivity index (χ2n) is 9.13. The minimum absolute atomic E-state index is 0.158. The average molecular weight is 594 g/mol.